The van der Waals surface area contributed by atoms with Crippen LogP contribution in [-0.2, 0) is 0 Å². The molecule has 0 unspecified atom stereocenters. The zero-order valence-electron chi connectivity index (χ0n) is 19.8. The molecule has 4 aliphatic carbocycles. The van der Waals surface area contributed by atoms with Crippen molar-refractivity contribution in [3.05, 3.63) is 23.3 Å². The van der Waals surface area contributed by atoms with Gasteiger partial charge in [0.25, 0.3) is 0 Å². The standard InChI is InChI=1S/C27H44O3/c1-17(7-6-13-25(2,3)30)21-10-11-22-20-9-8-18-15-19(28)16-24(29)27(18,5)23(20)12-14-26(21,22)4/h8-9,17,19,21-24,28-30H,6-7,10-16H2,1-5H3/t17-,19-,21-,22+,23+,24+,26-,27+/m1/s1. The van der Waals surface area contributed by atoms with Crippen LogP contribution in [0, 0.1) is 34.5 Å². The van der Waals surface area contributed by atoms with Gasteiger partial charge in [-0.3, -0.25) is 0 Å². The minimum atomic E-state index is -0.555. The van der Waals surface area contributed by atoms with Crippen LogP contribution in [0.15, 0.2) is 23.3 Å². The maximum Gasteiger partial charge on any atom is 0.0661 e. The summed E-state index contributed by atoms with van der Waals surface area (Å²) >= 11 is 0. The summed E-state index contributed by atoms with van der Waals surface area (Å²) in [7, 11) is 0. The minimum absolute atomic E-state index is 0.193. The molecular weight excluding hydrogens is 372 g/mol. The van der Waals surface area contributed by atoms with Gasteiger partial charge in [0.2, 0.25) is 0 Å². The van der Waals surface area contributed by atoms with Crippen LogP contribution >= 0.6 is 0 Å². The van der Waals surface area contributed by atoms with Crippen LogP contribution in [0.2, 0.25) is 0 Å². The molecule has 4 rings (SSSR count). The molecule has 3 heteroatoms. The lowest BCUT2D eigenvalue weighted by molar-refractivity contribution is -0.0545. The first-order valence-corrected chi connectivity index (χ1v) is 12.5. The molecule has 0 aromatic heterocycles. The number of allylic oxidation sites excluding steroid dienone is 3. The second-order valence-corrected chi connectivity index (χ2v) is 12.3. The Morgan fingerprint density at radius 3 is 2.53 bits per heavy atom. The lowest BCUT2D eigenvalue weighted by Gasteiger charge is -2.56. The van der Waals surface area contributed by atoms with Gasteiger partial charge in [0.15, 0.2) is 0 Å². The van der Waals surface area contributed by atoms with E-state index in [9.17, 15) is 15.3 Å². The quantitative estimate of drug-likeness (QED) is 0.563. The lowest BCUT2D eigenvalue weighted by atomic mass is 9.49. The van der Waals surface area contributed by atoms with Crippen LogP contribution in [0.1, 0.15) is 92.4 Å². The molecule has 170 valence electrons. The van der Waals surface area contributed by atoms with Gasteiger partial charge in [0.1, 0.15) is 0 Å². The van der Waals surface area contributed by atoms with Gasteiger partial charge in [0, 0.05) is 11.8 Å². The number of hydrogen-bond acceptors (Lipinski definition) is 3. The fourth-order valence-corrected chi connectivity index (χ4v) is 8.08. The van der Waals surface area contributed by atoms with Crippen molar-refractivity contribution in [3.63, 3.8) is 0 Å². The van der Waals surface area contributed by atoms with Gasteiger partial charge >= 0.3 is 0 Å². The number of hydrogen-bond donors (Lipinski definition) is 3. The molecule has 0 aromatic rings. The summed E-state index contributed by atoms with van der Waals surface area (Å²) in [6.07, 6.45) is 13.2. The Balaban J connectivity index is 1.53. The number of aliphatic hydroxyl groups is 3. The normalized spacial score (nSPS) is 44.5. The lowest BCUT2D eigenvalue weighted by Crippen LogP contribution is -2.52. The predicted octanol–water partition coefficient (Wildman–Crippen LogP) is 5.39. The molecule has 3 fully saturated rings. The molecule has 0 heterocycles. The number of fused-ring (bicyclic) bond motifs is 5. The Labute approximate surface area is 183 Å². The molecule has 0 aliphatic heterocycles. The van der Waals surface area contributed by atoms with Gasteiger partial charge in [0.05, 0.1) is 17.8 Å². The van der Waals surface area contributed by atoms with E-state index in [0.29, 0.717) is 29.6 Å². The molecule has 3 N–H and O–H groups in total. The zero-order valence-corrected chi connectivity index (χ0v) is 19.8. The van der Waals surface area contributed by atoms with Gasteiger partial charge in [-0.2, -0.15) is 0 Å². The average Bonchev–Trinajstić information content (AvgIpc) is 2.99. The monoisotopic (exact) mass is 416 g/mol. The van der Waals surface area contributed by atoms with Gasteiger partial charge < -0.3 is 15.3 Å². The fourth-order valence-electron chi connectivity index (χ4n) is 8.08. The van der Waals surface area contributed by atoms with Crippen LogP contribution in [0.3, 0.4) is 0 Å². The van der Waals surface area contributed by atoms with Crippen LogP contribution in [-0.4, -0.2) is 33.1 Å². The molecule has 0 spiro atoms. The van der Waals surface area contributed by atoms with Crippen LogP contribution in [0.5, 0.6) is 0 Å². The average molecular weight is 417 g/mol. The zero-order chi connectivity index (χ0) is 21.9. The van der Waals surface area contributed by atoms with E-state index >= 15 is 0 Å². The second kappa shape index (κ2) is 7.74. The topological polar surface area (TPSA) is 60.7 Å². The molecule has 0 amide bonds. The van der Waals surface area contributed by atoms with E-state index in [1.807, 2.05) is 13.8 Å². The Kier molecular flexibility index (Phi) is 5.82. The number of aliphatic hydroxyl groups excluding tert-OH is 2. The van der Waals surface area contributed by atoms with Crippen molar-refractivity contribution in [2.24, 2.45) is 34.5 Å². The summed E-state index contributed by atoms with van der Waals surface area (Å²) in [5.41, 5.74) is 2.47. The van der Waals surface area contributed by atoms with E-state index in [0.717, 1.165) is 31.6 Å². The third-order valence-corrected chi connectivity index (χ3v) is 9.86. The Morgan fingerprint density at radius 1 is 1.10 bits per heavy atom. The van der Waals surface area contributed by atoms with Gasteiger partial charge in [-0.1, -0.05) is 56.9 Å². The minimum Gasteiger partial charge on any atom is -0.393 e. The first-order chi connectivity index (χ1) is 14.0. The van der Waals surface area contributed by atoms with Gasteiger partial charge in [-0.15, -0.1) is 0 Å². The first kappa shape index (κ1) is 22.6. The molecule has 3 nitrogen and oxygen atoms in total. The summed E-state index contributed by atoms with van der Waals surface area (Å²) in [5, 5.41) is 31.3. The molecule has 3 saturated carbocycles. The van der Waals surface area contributed by atoms with Crippen LogP contribution < -0.4 is 0 Å². The highest BCUT2D eigenvalue weighted by Crippen LogP contribution is 2.66. The molecule has 0 aromatic carbocycles. The molecule has 8 atom stereocenters. The number of rotatable bonds is 5. The van der Waals surface area contributed by atoms with Crippen molar-refractivity contribution >= 4 is 0 Å². The van der Waals surface area contributed by atoms with Crippen molar-refractivity contribution in [1.29, 1.82) is 0 Å². The Hall–Kier alpha value is -0.640. The fraction of sp³-hybridized carbons (Fsp3) is 0.852. The third kappa shape index (κ3) is 3.63. The van der Waals surface area contributed by atoms with E-state index in [1.54, 1.807) is 5.57 Å². The SMILES string of the molecule is C[C@H](CCCC(C)(C)O)[C@H]1CC[C@H]2C3=CC=C4C[C@@H](O)C[C@H](O)[C@]4(C)[C@H]3CC[C@]12C. The highest BCUT2D eigenvalue weighted by atomic mass is 16.3. The maximum atomic E-state index is 11.0. The van der Waals surface area contributed by atoms with Gasteiger partial charge in [-0.25, -0.2) is 0 Å². The van der Waals surface area contributed by atoms with Crippen molar-refractivity contribution in [1.82, 2.24) is 0 Å². The second-order valence-electron chi connectivity index (χ2n) is 12.3. The van der Waals surface area contributed by atoms with E-state index in [1.165, 1.54) is 31.3 Å². The van der Waals surface area contributed by atoms with E-state index in [2.05, 4.69) is 32.9 Å². The summed E-state index contributed by atoms with van der Waals surface area (Å²) in [6.45, 7) is 11.1. The molecule has 0 bridgehead atoms. The highest BCUT2D eigenvalue weighted by molar-refractivity contribution is 5.40. The summed E-state index contributed by atoms with van der Waals surface area (Å²) in [5.74, 6) is 2.51. The first-order valence-electron chi connectivity index (χ1n) is 12.5. The van der Waals surface area contributed by atoms with Gasteiger partial charge in [-0.05, 0) is 81.5 Å². The van der Waals surface area contributed by atoms with E-state index in [4.69, 9.17) is 0 Å². The van der Waals surface area contributed by atoms with Crippen LogP contribution in [0.25, 0.3) is 0 Å². The molecule has 4 aliphatic rings. The van der Waals surface area contributed by atoms with E-state index < -0.39 is 17.8 Å². The summed E-state index contributed by atoms with van der Waals surface area (Å²) < 4.78 is 0. The smallest absolute Gasteiger partial charge is 0.0661 e. The molecule has 0 radical (unpaired) electrons. The Morgan fingerprint density at radius 2 is 1.83 bits per heavy atom. The molecule has 0 saturated heterocycles. The summed E-state index contributed by atoms with van der Waals surface area (Å²) in [4.78, 5) is 0. The third-order valence-electron chi connectivity index (χ3n) is 9.86. The summed E-state index contributed by atoms with van der Waals surface area (Å²) in [6, 6.07) is 0. The van der Waals surface area contributed by atoms with Crippen molar-refractivity contribution < 1.29 is 15.3 Å². The molecular formula is C27H44O3. The van der Waals surface area contributed by atoms with Crippen LogP contribution in [0.4, 0.5) is 0 Å². The largest absolute Gasteiger partial charge is 0.393 e. The Bertz CT molecular complexity index is 716. The van der Waals surface area contributed by atoms with Crippen molar-refractivity contribution in [3.8, 4) is 0 Å². The molecule has 30 heavy (non-hydrogen) atoms. The highest BCUT2D eigenvalue weighted by Gasteiger charge is 2.58. The predicted molar refractivity (Wildman–Crippen MR) is 122 cm³/mol. The maximum absolute atomic E-state index is 11.0. The van der Waals surface area contributed by atoms with Crippen molar-refractivity contribution in [2.45, 2.75) is 110 Å². The van der Waals surface area contributed by atoms with Crippen molar-refractivity contribution in [2.75, 3.05) is 0 Å². The van der Waals surface area contributed by atoms with E-state index in [-0.39, 0.29) is 5.41 Å².